The second kappa shape index (κ2) is 9.53. The number of carbonyl (C=O) groups excluding carboxylic acids is 1. The zero-order chi connectivity index (χ0) is 19.9. The lowest BCUT2D eigenvalue weighted by atomic mass is 10.1. The summed E-state index contributed by atoms with van der Waals surface area (Å²) < 4.78 is 31.5. The SMILES string of the molecule is CCN(CC)S(=O)(=O)c1ccc(CNC(=O)Cc2cccc(OC)c2)cc1. The van der Waals surface area contributed by atoms with Crippen LogP contribution in [0.2, 0.25) is 0 Å². The first-order valence-electron chi connectivity index (χ1n) is 8.89. The third-order valence-electron chi connectivity index (χ3n) is 4.26. The van der Waals surface area contributed by atoms with Crippen molar-refractivity contribution in [3.8, 4) is 5.75 Å². The fraction of sp³-hybridized carbons (Fsp3) is 0.350. The van der Waals surface area contributed by atoms with Crippen LogP contribution in [0.5, 0.6) is 5.75 Å². The van der Waals surface area contributed by atoms with Crippen LogP contribution < -0.4 is 10.1 Å². The molecule has 0 saturated carbocycles. The topological polar surface area (TPSA) is 75.7 Å². The van der Waals surface area contributed by atoms with Gasteiger partial charge in [0.05, 0.1) is 18.4 Å². The molecule has 0 unspecified atom stereocenters. The Morgan fingerprint density at radius 2 is 1.70 bits per heavy atom. The van der Waals surface area contributed by atoms with E-state index in [0.717, 1.165) is 11.1 Å². The molecule has 1 N–H and O–H groups in total. The fourth-order valence-electron chi connectivity index (χ4n) is 2.72. The van der Waals surface area contributed by atoms with Gasteiger partial charge in [0.15, 0.2) is 0 Å². The molecule has 0 heterocycles. The Morgan fingerprint density at radius 3 is 2.30 bits per heavy atom. The van der Waals surface area contributed by atoms with E-state index in [2.05, 4.69) is 5.32 Å². The molecule has 0 aliphatic carbocycles. The zero-order valence-corrected chi connectivity index (χ0v) is 16.8. The summed E-state index contributed by atoms with van der Waals surface area (Å²) in [7, 11) is -1.88. The lowest BCUT2D eigenvalue weighted by Gasteiger charge is -2.18. The molecule has 2 aromatic rings. The van der Waals surface area contributed by atoms with Gasteiger partial charge in [0, 0.05) is 19.6 Å². The predicted octanol–water partition coefficient (Wildman–Crippen LogP) is 2.58. The second-order valence-electron chi connectivity index (χ2n) is 6.04. The molecule has 0 saturated heterocycles. The largest absolute Gasteiger partial charge is 0.497 e. The standard InChI is InChI=1S/C20H26N2O4S/c1-4-22(5-2)27(24,25)19-11-9-16(10-12-19)15-21-20(23)14-17-7-6-8-18(13-17)26-3/h6-13H,4-5,14-15H2,1-3H3,(H,21,23). The summed E-state index contributed by atoms with van der Waals surface area (Å²) >= 11 is 0. The number of ether oxygens (including phenoxy) is 1. The Balaban J connectivity index is 1.95. The minimum Gasteiger partial charge on any atom is -0.497 e. The number of carbonyl (C=O) groups is 1. The van der Waals surface area contributed by atoms with Gasteiger partial charge < -0.3 is 10.1 Å². The van der Waals surface area contributed by atoms with Crippen molar-refractivity contribution in [2.45, 2.75) is 31.7 Å². The third kappa shape index (κ3) is 5.55. The van der Waals surface area contributed by atoms with Crippen LogP contribution in [0.15, 0.2) is 53.4 Å². The van der Waals surface area contributed by atoms with Crippen molar-refractivity contribution < 1.29 is 17.9 Å². The molecule has 7 heteroatoms. The van der Waals surface area contributed by atoms with Crippen LogP contribution in [-0.4, -0.2) is 38.8 Å². The van der Waals surface area contributed by atoms with E-state index >= 15 is 0 Å². The highest BCUT2D eigenvalue weighted by atomic mass is 32.2. The van der Waals surface area contributed by atoms with E-state index in [-0.39, 0.29) is 17.2 Å². The number of sulfonamides is 1. The number of hydrogen-bond acceptors (Lipinski definition) is 4. The first kappa shape index (κ1) is 20.9. The molecule has 6 nitrogen and oxygen atoms in total. The Labute approximate surface area is 161 Å². The quantitative estimate of drug-likeness (QED) is 0.714. The van der Waals surface area contributed by atoms with Crippen LogP contribution in [-0.2, 0) is 27.8 Å². The van der Waals surface area contributed by atoms with Gasteiger partial charge in [-0.05, 0) is 35.4 Å². The summed E-state index contributed by atoms with van der Waals surface area (Å²) in [5.74, 6) is 0.605. The van der Waals surface area contributed by atoms with Crippen LogP contribution in [0.3, 0.4) is 0 Å². The molecule has 0 spiro atoms. The summed E-state index contributed by atoms with van der Waals surface area (Å²) in [6.45, 7) is 4.83. The van der Waals surface area contributed by atoms with E-state index in [1.54, 1.807) is 31.4 Å². The van der Waals surface area contributed by atoms with Crippen molar-refractivity contribution in [1.29, 1.82) is 0 Å². The molecule has 0 aliphatic rings. The lowest BCUT2D eigenvalue weighted by molar-refractivity contribution is -0.120. The lowest BCUT2D eigenvalue weighted by Crippen LogP contribution is -2.30. The molecular weight excluding hydrogens is 364 g/mol. The van der Waals surface area contributed by atoms with Crippen LogP contribution in [0.25, 0.3) is 0 Å². The smallest absolute Gasteiger partial charge is 0.243 e. The maximum absolute atomic E-state index is 12.5. The number of nitrogens with one attached hydrogen (secondary N) is 1. The normalized spacial score (nSPS) is 11.4. The van der Waals surface area contributed by atoms with E-state index in [0.29, 0.717) is 25.4 Å². The Kier molecular flexibility index (Phi) is 7.38. The van der Waals surface area contributed by atoms with E-state index in [4.69, 9.17) is 4.74 Å². The summed E-state index contributed by atoms with van der Waals surface area (Å²) in [5, 5.41) is 2.85. The number of rotatable bonds is 9. The van der Waals surface area contributed by atoms with Gasteiger partial charge in [-0.25, -0.2) is 8.42 Å². The van der Waals surface area contributed by atoms with Crippen molar-refractivity contribution in [3.63, 3.8) is 0 Å². The van der Waals surface area contributed by atoms with Gasteiger partial charge in [0.2, 0.25) is 15.9 Å². The van der Waals surface area contributed by atoms with E-state index < -0.39 is 10.0 Å². The van der Waals surface area contributed by atoms with E-state index in [1.807, 2.05) is 38.1 Å². The Morgan fingerprint density at radius 1 is 1.04 bits per heavy atom. The highest BCUT2D eigenvalue weighted by Gasteiger charge is 2.21. The van der Waals surface area contributed by atoms with E-state index in [9.17, 15) is 13.2 Å². The first-order chi connectivity index (χ1) is 12.9. The van der Waals surface area contributed by atoms with Gasteiger partial charge in [-0.1, -0.05) is 38.1 Å². The first-order valence-corrected chi connectivity index (χ1v) is 10.3. The van der Waals surface area contributed by atoms with Crippen molar-refractivity contribution in [2.75, 3.05) is 20.2 Å². The number of amides is 1. The molecule has 1 amide bonds. The monoisotopic (exact) mass is 390 g/mol. The van der Waals surface area contributed by atoms with Gasteiger partial charge in [-0.3, -0.25) is 4.79 Å². The van der Waals surface area contributed by atoms with Crippen molar-refractivity contribution >= 4 is 15.9 Å². The highest BCUT2D eigenvalue weighted by Crippen LogP contribution is 2.16. The summed E-state index contributed by atoms with van der Waals surface area (Å²) in [6, 6.07) is 14.0. The molecule has 0 aromatic heterocycles. The molecule has 27 heavy (non-hydrogen) atoms. The van der Waals surface area contributed by atoms with Gasteiger partial charge in [0.1, 0.15) is 5.75 Å². The molecule has 2 aromatic carbocycles. The number of nitrogens with zero attached hydrogens (tertiary/aromatic N) is 1. The summed E-state index contributed by atoms with van der Waals surface area (Å²) in [5.41, 5.74) is 1.71. The summed E-state index contributed by atoms with van der Waals surface area (Å²) in [4.78, 5) is 12.4. The van der Waals surface area contributed by atoms with Crippen molar-refractivity contribution in [2.24, 2.45) is 0 Å². The minimum atomic E-state index is -3.46. The summed E-state index contributed by atoms with van der Waals surface area (Å²) in [6.07, 6.45) is 0.256. The third-order valence-corrected chi connectivity index (χ3v) is 6.32. The van der Waals surface area contributed by atoms with Crippen LogP contribution >= 0.6 is 0 Å². The van der Waals surface area contributed by atoms with Crippen LogP contribution in [0, 0.1) is 0 Å². The fourth-order valence-corrected chi connectivity index (χ4v) is 4.18. The molecule has 0 fully saturated rings. The van der Waals surface area contributed by atoms with Crippen molar-refractivity contribution in [3.05, 3.63) is 59.7 Å². The van der Waals surface area contributed by atoms with Crippen LogP contribution in [0.1, 0.15) is 25.0 Å². The minimum absolute atomic E-state index is 0.108. The molecule has 2 rings (SSSR count). The maximum atomic E-state index is 12.5. The number of methoxy groups -OCH3 is 1. The average molecular weight is 391 g/mol. The van der Waals surface area contributed by atoms with Crippen molar-refractivity contribution in [1.82, 2.24) is 9.62 Å². The van der Waals surface area contributed by atoms with Crippen LogP contribution in [0.4, 0.5) is 0 Å². The average Bonchev–Trinajstić information content (AvgIpc) is 2.67. The van der Waals surface area contributed by atoms with Gasteiger partial charge in [0.25, 0.3) is 0 Å². The second-order valence-corrected chi connectivity index (χ2v) is 7.98. The number of benzene rings is 2. The van der Waals surface area contributed by atoms with Gasteiger partial charge in [-0.2, -0.15) is 4.31 Å². The van der Waals surface area contributed by atoms with Gasteiger partial charge in [-0.15, -0.1) is 0 Å². The Hall–Kier alpha value is -2.38. The molecule has 0 bridgehead atoms. The molecule has 146 valence electrons. The number of hydrogen-bond donors (Lipinski definition) is 1. The molecular formula is C20H26N2O4S. The zero-order valence-electron chi connectivity index (χ0n) is 15.9. The molecule has 0 radical (unpaired) electrons. The van der Waals surface area contributed by atoms with E-state index in [1.165, 1.54) is 4.31 Å². The Bertz CT molecular complexity index is 860. The molecule has 0 atom stereocenters. The molecule has 0 aliphatic heterocycles. The predicted molar refractivity (Wildman–Crippen MR) is 105 cm³/mol. The van der Waals surface area contributed by atoms with Gasteiger partial charge >= 0.3 is 0 Å². The highest BCUT2D eigenvalue weighted by molar-refractivity contribution is 7.89. The maximum Gasteiger partial charge on any atom is 0.243 e.